The van der Waals surface area contributed by atoms with Gasteiger partial charge in [-0.15, -0.1) is 0 Å². The molecule has 4 nitrogen and oxygen atoms in total. The number of fused-ring (bicyclic) bond motifs is 1. The van der Waals surface area contributed by atoms with E-state index in [1.807, 2.05) is 25.1 Å². The zero-order chi connectivity index (χ0) is 12.4. The molecule has 90 valence electrons. The predicted octanol–water partition coefficient (Wildman–Crippen LogP) is 2.50. The third kappa shape index (κ3) is 2.25. The van der Waals surface area contributed by atoms with Gasteiger partial charge in [0.15, 0.2) is 0 Å². The number of aromatic amines is 1. The van der Waals surface area contributed by atoms with E-state index in [4.69, 9.17) is 9.84 Å². The van der Waals surface area contributed by atoms with Crippen molar-refractivity contribution in [2.75, 3.05) is 7.11 Å². The van der Waals surface area contributed by atoms with Crippen LogP contribution in [0.5, 0.6) is 5.75 Å². The van der Waals surface area contributed by atoms with Crippen LogP contribution in [0.2, 0.25) is 0 Å². The lowest BCUT2D eigenvalue weighted by atomic mass is 10.1. The van der Waals surface area contributed by atoms with Crippen molar-refractivity contribution < 1.29 is 14.6 Å². The Morgan fingerprint density at radius 2 is 2.24 bits per heavy atom. The lowest BCUT2D eigenvalue weighted by Crippen LogP contribution is -1.97. The standard InChI is InChI=1S/C13H15NO3/c1-8-10(5-6-13(15)16)11-4-3-9(17-2)7-12(11)14-8/h3-4,7,14H,5-6H2,1-2H3,(H,15,16). The number of carboxylic acids is 1. The van der Waals surface area contributed by atoms with Crippen LogP contribution in [0.1, 0.15) is 17.7 Å². The van der Waals surface area contributed by atoms with Gasteiger partial charge < -0.3 is 14.8 Å². The van der Waals surface area contributed by atoms with Gasteiger partial charge in [0.2, 0.25) is 0 Å². The third-order valence-corrected chi connectivity index (χ3v) is 2.92. The number of benzene rings is 1. The molecule has 0 saturated heterocycles. The molecule has 0 unspecified atom stereocenters. The molecule has 0 radical (unpaired) electrons. The second-order valence-electron chi connectivity index (χ2n) is 4.03. The summed E-state index contributed by atoms with van der Waals surface area (Å²) in [7, 11) is 1.63. The first kappa shape index (κ1) is 11.5. The molecule has 2 rings (SSSR count). The number of nitrogens with one attached hydrogen (secondary N) is 1. The molecule has 1 aromatic heterocycles. The van der Waals surface area contributed by atoms with Crippen molar-refractivity contribution in [3.63, 3.8) is 0 Å². The molecule has 2 aromatic rings. The number of aromatic nitrogens is 1. The summed E-state index contributed by atoms with van der Waals surface area (Å²) < 4.78 is 5.16. The molecule has 0 amide bonds. The number of H-pyrrole nitrogens is 1. The average Bonchev–Trinajstić information content (AvgIpc) is 2.60. The van der Waals surface area contributed by atoms with E-state index in [9.17, 15) is 4.79 Å². The first-order chi connectivity index (χ1) is 8.11. The first-order valence-electron chi connectivity index (χ1n) is 5.49. The first-order valence-corrected chi connectivity index (χ1v) is 5.49. The Morgan fingerprint density at radius 3 is 2.88 bits per heavy atom. The van der Waals surface area contributed by atoms with Gasteiger partial charge in [-0.05, 0) is 31.0 Å². The Bertz CT molecular complexity index is 557. The van der Waals surface area contributed by atoms with Crippen molar-refractivity contribution in [3.8, 4) is 5.75 Å². The third-order valence-electron chi connectivity index (χ3n) is 2.92. The SMILES string of the molecule is COc1ccc2c(CCC(=O)O)c(C)[nH]c2c1. The number of hydrogen-bond donors (Lipinski definition) is 2. The molecule has 0 aliphatic rings. The Labute approximate surface area is 99.2 Å². The van der Waals surface area contributed by atoms with Crippen LogP contribution in [0.15, 0.2) is 18.2 Å². The molecule has 0 spiro atoms. The number of methoxy groups -OCH3 is 1. The number of carbonyl (C=O) groups is 1. The molecule has 2 N–H and O–H groups in total. The minimum Gasteiger partial charge on any atom is -0.497 e. The van der Waals surface area contributed by atoms with E-state index >= 15 is 0 Å². The Hall–Kier alpha value is -1.97. The van der Waals surface area contributed by atoms with Crippen LogP contribution in [0.4, 0.5) is 0 Å². The fraction of sp³-hybridized carbons (Fsp3) is 0.308. The number of carboxylic acid groups (broad SMARTS) is 1. The van der Waals surface area contributed by atoms with Crippen LogP contribution in [-0.4, -0.2) is 23.2 Å². The van der Waals surface area contributed by atoms with Crippen LogP contribution in [0.25, 0.3) is 10.9 Å². The van der Waals surface area contributed by atoms with Gasteiger partial charge >= 0.3 is 5.97 Å². The van der Waals surface area contributed by atoms with Crippen molar-refractivity contribution >= 4 is 16.9 Å². The zero-order valence-electron chi connectivity index (χ0n) is 9.91. The van der Waals surface area contributed by atoms with E-state index in [-0.39, 0.29) is 6.42 Å². The van der Waals surface area contributed by atoms with Crippen molar-refractivity contribution in [1.29, 1.82) is 0 Å². The summed E-state index contributed by atoms with van der Waals surface area (Å²) in [5.74, 6) is 0.0239. The summed E-state index contributed by atoms with van der Waals surface area (Å²) in [5, 5.41) is 9.80. The molecule has 1 aromatic carbocycles. The average molecular weight is 233 g/mol. The molecular weight excluding hydrogens is 218 g/mol. The molecule has 0 fully saturated rings. The number of aliphatic carboxylic acids is 1. The topological polar surface area (TPSA) is 62.3 Å². The molecule has 17 heavy (non-hydrogen) atoms. The number of aryl methyl sites for hydroxylation is 2. The van der Waals surface area contributed by atoms with Crippen LogP contribution in [0.3, 0.4) is 0 Å². The van der Waals surface area contributed by atoms with Crippen LogP contribution in [-0.2, 0) is 11.2 Å². The normalized spacial score (nSPS) is 10.7. The quantitative estimate of drug-likeness (QED) is 0.852. The largest absolute Gasteiger partial charge is 0.497 e. The van der Waals surface area contributed by atoms with Crippen molar-refractivity contribution in [1.82, 2.24) is 4.98 Å². The maximum atomic E-state index is 10.6. The Balaban J connectivity index is 2.41. The molecule has 0 aliphatic carbocycles. The van der Waals surface area contributed by atoms with Gasteiger partial charge in [-0.3, -0.25) is 4.79 Å². The van der Waals surface area contributed by atoms with Gasteiger partial charge in [0.1, 0.15) is 5.75 Å². The molecule has 0 saturated carbocycles. The van der Waals surface area contributed by atoms with Gasteiger partial charge in [-0.1, -0.05) is 0 Å². The minimum atomic E-state index is -0.771. The second kappa shape index (κ2) is 4.49. The fourth-order valence-electron chi connectivity index (χ4n) is 2.05. The van der Waals surface area contributed by atoms with Crippen LogP contribution in [0, 0.1) is 6.92 Å². The number of hydrogen-bond acceptors (Lipinski definition) is 2. The van der Waals surface area contributed by atoms with E-state index in [1.165, 1.54) is 0 Å². The van der Waals surface area contributed by atoms with E-state index in [2.05, 4.69) is 4.98 Å². The molecule has 1 heterocycles. The summed E-state index contributed by atoms with van der Waals surface area (Å²) in [6.45, 7) is 1.96. The Kier molecular flexibility index (Phi) is 3.04. The molecular formula is C13H15NO3. The van der Waals surface area contributed by atoms with Gasteiger partial charge in [-0.2, -0.15) is 0 Å². The van der Waals surface area contributed by atoms with Crippen molar-refractivity contribution in [2.24, 2.45) is 0 Å². The lowest BCUT2D eigenvalue weighted by Gasteiger charge is -2.00. The van der Waals surface area contributed by atoms with E-state index in [0.717, 1.165) is 27.9 Å². The maximum absolute atomic E-state index is 10.6. The zero-order valence-corrected chi connectivity index (χ0v) is 9.91. The van der Waals surface area contributed by atoms with E-state index in [1.54, 1.807) is 7.11 Å². The van der Waals surface area contributed by atoms with E-state index < -0.39 is 5.97 Å². The van der Waals surface area contributed by atoms with Gasteiger partial charge in [-0.25, -0.2) is 0 Å². The highest BCUT2D eigenvalue weighted by Crippen LogP contribution is 2.26. The maximum Gasteiger partial charge on any atom is 0.303 e. The highest BCUT2D eigenvalue weighted by molar-refractivity contribution is 5.86. The van der Waals surface area contributed by atoms with E-state index in [0.29, 0.717) is 6.42 Å². The highest BCUT2D eigenvalue weighted by atomic mass is 16.5. The van der Waals surface area contributed by atoms with Crippen molar-refractivity contribution in [2.45, 2.75) is 19.8 Å². The number of ether oxygens (including phenoxy) is 1. The fourth-order valence-corrected chi connectivity index (χ4v) is 2.05. The van der Waals surface area contributed by atoms with Crippen LogP contribution < -0.4 is 4.74 Å². The van der Waals surface area contributed by atoms with Gasteiger partial charge in [0, 0.05) is 29.1 Å². The van der Waals surface area contributed by atoms with Gasteiger partial charge in [0.25, 0.3) is 0 Å². The van der Waals surface area contributed by atoms with Crippen molar-refractivity contribution in [3.05, 3.63) is 29.5 Å². The second-order valence-corrected chi connectivity index (χ2v) is 4.03. The molecule has 0 atom stereocenters. The smallest absolute Gasteiger partial charge is 0.303 e. The summed E-state index contributed by atoms with van der Waals surface area (Å²) in [6, 6.07) is 5.78. The number of rotatable bonds is 4. The summed E-state index contributed by atoms with van der Waals surface area (Å²) in [6.07, 6.45) is 0.702. The molecule has 0 bridgehead atoms. The highest BCUT2D eigenvalue weighted by Gasteiger charge is 2.10. The summed E-state index contributed by atoms with van der Waals surface area (Å²) in [5.41, 5.74) is 3.08. The summed E-state index contributed by atoms with van der Waals surface area (Å²) >= 11 is 0. The lowest BCUT2D eigenvalue weighted by molar-refractivity contribution is -0.136. The molecule has 4 heteroatoms. The summed E-state index contributed by atoms with van der Waals surface area (Å²) in [4.78, 5) is 13.9. The van der Waals surface area contributed by atoms with Gasteiger partial charge in [0.05, 0.1) is 7.11 Å². The monoisotopic (exact) mass is 233 g/mol. The van der Waals surface area contributed by atoms with Crippen LogP contribution >= 0.6 is 0 Å². The molecule has 0 aliphatic heterocycles. The Morgan fingerprint density at radius 1 is 1.47 bits per heavy atom. The predicted molar refractivity (Wildman–Crippen MR) is 65.5 cm³/mol. The minimum absolute atomic E-state index is 0.153.